The number of nitrogens with one attached hydrogen (secondary N) is 1. The van der Waals surface area contributed by atoms with Crippen LogP contribution in [-0.2, 0) is 13.0 Å². The highest BCUT2D eigenvalue weighted by Crippen LogP contribution is 2.15. The summed E-state index contributed by atoms with van der Waals surface area (Å²) in [6.45, 7) is 0.239. The second-order valence-corrected chi connectivity index (χ2v) is 6.15. The van der Waals surface area contributed by atoms with Crippen LogP contribution < -0.4 is 5.32 Å². The van der Waals surface area contributed by atoms with Crippen LogP contribution in [0.2, 0.25) is 0 Å². The van der Waals surface area contributed by atoms with Crippen molar-refractivity contribution < 1.29 is 13.6 Å². The van der Waals surface area contributed by atoms with E-state index in [4.69, 9.17) is 0 Å². The maximum absolute atomic E-state index is 13.1. The Morgan fingerprint density at radius 2 is 1.88 bits per heavy atom. The molecule has 0 atom stereocenters. The SMILES string of the molecule is O=C(NCc1csc(Cc2ccccc2)n1)c1ccc(F)c(F)c1. The molecule has 3 aromatic rings. The van der Waals surface area contributed by atoms with Crippen LogP contribution >= 0.6 is 11.3 Å². The van der Waals surface area contributed by atoms with E-state index in [1.165, 1.54) is 23.0 Å². The van der Waals surface area contributed by atoms with E-state index in [2.05, 4.69) is 10.3 Å². The second kappa shape index (κ2) is 7.31. The van der Waals surface area contributed by atoms with Gasteiger partial charge in [-0.2, -0.15) is 0 Å². The molecule has 122 valence electrons. The molecular weight excluding hydrogens is 330 g/mol. The van der Waals surface area contributed by atoms with Crippen molar-refractivity contribution in [1.29, 1.82) is 0 Å². The van der Waals surface area contributed by atoms with Crippen LogP contribution in [0.5, 0.6) is 0 Å². The van der Waals surface area contributed by atoms with Crippen molar-refractivity contribution in [3.05, 3.63) is 87.4 Å². The zero-order valence-corrected chi connectivity index (χ0v) is 13.4. The topological polar surface area (TPSA) is 42.0 Å². The molecule has 1 aromatic heterocycles. The monoisotopic (exact) mass is 344 g/mol. The van der Waals surface area contributed by atoms with Gasteiger partial charge in [-0.25, -0.2) is 13.8 Å². The molecule has 6 heteroatoms. The molecule has 24 heavy (non-hydrogen) atoms. The van der Waals surface area contributed by atoms with E-state index in [9.17, 15) is 13.6 Å². The predicted octanol–water partition coefficient (Wildman–Crippen LogP) is 3.94. The number of carbonyl (C=O) groups is 1. The lowest BCUT2D eigenvalue weighted by atomic mass is 10.2. The van der Waals surface area contributed by atoms with Crippen LogP contribution in [0.25, 0.3) is 0 Å². The van der Waals surface area contributed by atoms with E-state index in [-0.39, 0.29) is 12.1 Å². The van der Waals surface area contributed by atoms with Gasteiger partial charge in [-0.15, -0.1) is 11.3 Å². The van der Waals surface area contributed by atoms with Gasteiger partial charge in [0.05, 0.1) is 17.2 Å². The lowest BCUT2D eigenvalue weighted by molar-refractivity contribution is 0.0950. The van der Waals surface area contributed by atoms with Crippen LogP contribution in [0.1, 0.15) is 26.6 Å². The van der Waals surface area contributed by atoms with Crippen molar-refractivity contribution in [3.63, 3.8) is 0 Å². The molecule has 0 aliphatic carbocycles. The smallest absolute Gasteiger partial charge is 0.251 e. The van der Waals surface area contributed by atoms with Gasteiger partial charge >= 0.3 is 0 Å². The zero-order chi connectivity index (χ0) is 16.9. The molecule has 3 nitrogen and oxygen atoms in total. The highest BCUT2D eigenvalue weighted by atomic mass is 32.1. The van der Waals surface area contributed by atoms with E-state index < -0.39 is 17.5 Å². The van der Waals surface area contributed by atoms with Crippen molar-refractivity contribution in [2.75, 3.05) is 0 Å². The molecule has 0 saturated heterocycles. The van der Waals surface area contributed by atoms with Crippen molar-refractivity contribution >= 4 is 17.2 Å². The summed E-state index contributed by atoms with van der Waals surface area (Å²) in [6.07, 6.45) is 0.739. The van der Waals surface area contributed by atoms with E-state index in [0.29, 0.717) is 0 Å². The van der Waals surface area contributed by atoms with E-state index in [1.54, 1.807) is 0 Å². The molecular formula is C18H14F2N2OS. The first kappa shape index (κ1) is 16.3. The quantitative estimate of drug-likeness (QED) is 0.762. The summed E-state index contributed by atoms with van der Waals surface area (Å²) in [6, 6.07) is 13.0. The van der Waals surface area contributed by atoms with Crippen molar-refractivity contribution in [3.8, 4) is 0 Å². The molecule has 0 unspecified atom stereocenters. The highest BCUT2D eigenvalue weighted by molar-refractivity contribution is 7.09. The molecule has 0 radical (unpaired) electrons. The Morgan fingerprint density at radius 3 is 2.62 bits per heavy atom. The van der Waals surface area contributed by atoms with Crippen molar-refractivity contribution in [2.24, 2.45) is 0 Å². The lowest BCUT2D eigenvalue weighted by Crippen LogP contribution is -2.23. The van der Waals surface area contributed by atoms with Crippen LogP contribution in [0.15, 0.2) is 53.9 Å². The van der Waals surface area contributed by atoms with E-state index in [1.807, 2.05) is 35.7 Å². The minimum absolute atomic E-state index is 0.0774. The third kappa shape index (κ3) is 4.02. The number of aromatic nitrogens is 1. The number of nitrogens with zero attached hydrogens (tertiary/aromatic N) is 1. The Hall–Kier alpha value is -2.60. The van der Waals surface area contributed by atoms with Gasteiger partial charge in [0, 0.05) is 17.4 Å². The molecule has 0 aliphatic rings. The third-order valence-electron chi connectivity index (χ3n) is 3.41. The van der Waals surface area contributed by atoms with Gasteiger partial charge in [-0.05, 0) is 23.8 Å². The Morgan fingerprint density at radius 1 is 1.08 bits per heavy atom. The Kier molecular flexibility index (Phi) is 4.96. The lowest BCUT2D eigenvalue weighted by Gasteiger charge is -2.04. The first-order valence-corrected chi connectivity index (χ1v) is 8.20. The average molecular weight is 344 g/mol. The summed E-state index contributed by atoms with van der Waals surface area (Å²) < 4.78 is 26.0. The van der Waals surface area contributed by atoms with E-state index in [0.717, 1.165) is 29.3 Å². The molecule has 0 spiro atoms. The van der Waals surface area contributed by atoms with Gasteiger partial charge in [0.1, 0.15) is 0 Å². The molecule has 1 heterocycles. The summed E-state index contributed by atoms with van der Waals surface area (Å²) in [4.78, 5) is 16.4. The van der Waals surface area contributed by atoms with Crippen LogP contribution in [0.4, 0.5) is 8.78 Å². The number of amides is 1. The minimum Gasteiger partial charge on any atom is -0.346 e. The van der Waals surface area contributed by atoms with Gasteiger partial charge in [-0.1, -0.05) is 30.3 Å². The third-order valence-corrected chi connectivity index (χ3v) is 4.31. The number of hydrogen-bond acceptors (Lipinski definition) is 3. The number of rotatable bonds is 5. The number of hydrogen-bond donors (Lipinski definition) is 1. The molecule has 1 N–H and O–H groups in total. The van der Waals surface area contributed by atoms with Crippen molar-refractivity contribution in [2.45, 2.75) is 13.0 Å². The number of carbonyl (C=O) groups excluding carboxylic acids is 1. The fraction of sp³-hybridized carbons (Fsp3) is 0.111. The minimum atomic E-state index is -1.04. The fourth-order valence-electron chi connectivity index (χ4n) is 2.19. The van der Waals surface area contributed by atoms with Gasteiger partial charge in [0.15, 0.2) is 11.6 Å². The number of halogens is 2. The first-order valence-electron chi connectivity index (χ1n) is 7.32. The van der Waals surface area contributed by atoms with Crippen LogP contribution in [-0.4, -0.2) is 10.9 Å². The standard InChI is InChI=1S/C18H14F2N2OS/c19-15-7-6-13(9-16(15)20)18(23)21-10-14-11-24-17(22-14)8-12-4-2-1-3-5-12/h1-7,9,11H,8,10H2,(H,21,23). The molecule has 0 aliphatic heterocycles. The van der Waals surface area contributed by atoms with Gasteiger partial charge in [-0.3, -0.25) is 4.79 Å². The molecule has 0 bridgehead atoms. The van der Waals surface area contributed by atoms with Gasteiger partial charge in [0.2, 0.25) is 0 Å². The van der Waals surface area contributed by atoms with Gasteiger partial charge in [0.25, 0.3) is 5.91 Å². The van der Waals surface area contributed by atoms with Crippen LogP contribution in [0.3, 0.4) is 0 Å². The summed E-state index contributed by atoms with van der Waals surface area (Å²) in [7, 11) is 0. The number of thiazole rings is 1. The highest BCUT2D eigenvalue weighted by Gasteiger charge is 2.10. The molecule has 0 fully saturated rings. The summed E-state index contributed by atoms with van der Waals surface area (Å²) in [5.74, 6) is -2.48. The van der Waals surface area contributed by atoms with Crippen LogP contribution in [0, 0.1) is 11.6 Å². The molecule has 2 aromatic carbocycles. The Labute approximate surface area is 142 Å². The Balaban J connectivity index is 1.59. The largest absolute Gasteiger partial charge is 0.346 e. The van der Waals surface area contributed by atoms with Crippen molar-refractivity contribution in [1.82, 2.24) is 10.3 Å². The maximum Gasteiger partial charge on any atom is 0.251 e. The van der Waals surface area contributed by atoms with E-state index >= 15 is 0 Å². The zero-order valence-electron chi connectivity index (χ0n) is 12.6. The average Bonchev–Trinajstić information content (AvgIpc) is 3.03. The maximum atomic E-state index is 13.1. The molecule has 0 saturated carbocycles. The normalized spacial score (nSPS) is 10.6. The Bertz CT molecular complexity index is 849. The molecule has 3 rings (SSSR count). The van der Waals surface area contributed by atoms with Gasteiger partial charge < -0.3 is 5.32 Å². The second-order valence-electron chi connectivity index (χ2n) is 5.21. The molecule has 1 amide bonds. The predicted molar refractivity (Wildman–Crippen MR) is 88.9 cm³/mol. The first-order chi connectivity index (χ1) is 11.6. The summed E-state index contributed by atoms with van der Waals surface area (Å²) >= 11 is 1.52. The number of benzene rings is 2. The fourth-order valence-corrected chi connectivity index (χ4v) is 3.02. The summed E-state index contributed by atoms with van der Waals surface area (Å²) in [5.41, 5.74) is 1.99. The summed E-state index contributed by atoms with van der Waals surface area (Å²) in [5, 5.41) is 5.49.